The summed E-state index contributed by atoms with van der Waals surface area (Å²) in [5, 5.41) is 22.6. The van der Waals surface area contributed by atoms with Crippen LogP contribution in [-0.4, -0.2) is 34.1 Å². The van der Waals surface area contributed by atoms with Crippen LogP contribution < -0.4 is 5.32 Å². The molecule has 0 saturated carbocycles. The summed E-state index contributed by atoms with van der Waals surface area (Å²) in [7, 11) is 0. The highest BCUT2D eigenvalue weighted by Crippen LogP contribution is 2.40. The summed E-state index contributed by atoms with van der Waals surface area (Å²) in [5.41, 5.74) is -0.176. The van der Waals surface area contributed by atoms with Crippen molar-refractivity contribution in [2.75, 3.05) is 5.32 Å². The van der Waals surface area contributed by atoms with Crippen LogP contribution in [0.5, 0.6) is 0 Å². The third kappa shape index (κ3) is 2.66. The van der Waals surface area contributed by atoms with Gasteiger partial charge < -0.3 is 15.2 Å². The maximum Gasteiger partial charge on any atom is 0.310 e. The number of fused-ring (bicyclic) bond motifs is 2. The number of carboxylic acids is 1. The predicted molar refractivity (Wildman–Crippen MR) is 79.2 cm³/mol. The van der Waals surface area contributed by atoms with Crippen molar-refractivity contribution in [2.45, 2.75) is 12.2 Å². The fourth-order valence-corrected chi connectivity index (χ4v) is 3.06. The van der Waals surface area contributed by atoms with E-state index in [-0.39, 0.29) is 16.4 Å². The van der Waals surface area contributed by atoms with Gasteiger partial charge in [-0.3, -0.25) is 19.7 Å². The van der Waals surface area contributed by atoms with Gasteiger partial charge in [-0.2, -0.15) is 0 Å². The number of carboxylic acid groups (broad SMARTS) is 1. The van der Waals surface area contributed by atoms with E-state index in [9.17, 15) is 24.8 Å². The molecule has 1 aromatic rings. The zero-order chi connectivity index (χ0) is 16.7. The van der Waals surface area contributed by atoms with E-state index in [0.29, 0.717) is 0 Å². The van der Waals surface area contributed by atoms with Gasteiger partial charge in [-0.25, -0.2) is 0 Å². The van der Waals surface area contributed by atoms with Crippen molar-refractivity contribution in [1.82, 2.24) is 0 Å². The molecular formula is C14H11ClN2O6. The molecule has 23 heavy (non-hydrogen) atoms. The number of amides is 1. The lowest BCUT2D eigenvalue weighted by Crippen LogP contribution is -2.39. The fraction of sp³-hybridized carbons (Fsp3) is 0.286. The Labute approximate surface area is 134 Å². The number of nitrogens with zero attached hydrogens (tertiary/aromatic N) is 1. The average Bonchev–Trinajstić information content (AvgIpc) is 3.09. The van der Waals surface area contributed by atoms with Crippen LogP contribution in [0.1, 0.15) is 0 Å². The molecule has 0 aliphatic carbocycles. The second kappa shape index (κ2) is 5.64. The number of carbonyl (C=O) groups excluding carboxylic acids is 1. The maximum absolute atomic E-state index is 12.4. The van der Waals surface area contributed by atoms with Crippen LogP contribution in [0.3, 0.4) is 0 Å². The summed E-state index contributed by atoms with van der Waals surface area (Å²) < 4.78 is 5.42. The number of hydrogen-bond acceptors (Lipinski definition) is 5. The zero-order valence-electron chi connectivity index (χ0n) is 11.5. The number of carbonyl (C=O) groups is 2. The number of hydrogen-bond donors (Lipinski definition) is 2. The summed E-state index contributed by atoms with van der Waals surface area (Å²) in [6.07, 6.45) is 2.04. The average molecular weight is 339 g/mol. The second-order valence-electron chi connectivity index (χ2n) is 5.25. The second-order valence-corrected chi connectivity index (χ2v) is 5.66. The topological polar surface area (TPSA) is 119 Å². The van der Waals surface area contributed by atoms with Gasteiger partial charge in [-0.1, -0.05) is 23.8 Å². The Balaban J connectivity index is 1.82. The van der Waals surface area contributed by atoms with E-state index in [1.54, 1.807) is 12.2 Å². The Morgan fingerprint density at radius 2 is 1.91 bits per heavy atom. The van der Waals surface area contributed by atoms with Crippen molar-refractivity contribution in [3.63, 3.8) is 0 Å². The number of halogens is 1. The molecule has 120 valence electrons. The quantitative estimate of drug-likeness (QED) is 0.491. The molecule has 2 heterocycles. The van der Waals surface area contributed by atoms with Crippen molar-refractivity contribution >= 4 is 34.9 Å². The summed E-state index contributed by atoms with van der Waals surface area (Å²) >= 11 is 5.71. The number of nitrogens with one attached hydrogen (secondary N) is 1. The number of nitro groups is 1. The van der Waals surface area contributed by atoms with Crippen molar-refractivity contribution < 1.29 is 24.4 Å². The molecule has 4 atom stereocenters. The molecule has 9 heteroatoms. The molecule has 3 rings (SSSR count). The van der Waals surface area contributed by atoms with Gasteiger partial charge in [0.05, 0.1) is 23.0 Å². The summed E-state index contributed by atoms with van der Waals surface area (Å²) in [6.45, 7) is 0. The van der Waals surface area contributed by atoms with Crippen molar-refractivity contribution in [1.29, 1.82) is 0 Å². The first-order valence-corrected chi connectivity index (χ1v) is 7.07. The minimum absolute atomic E-state index is 0.0531. The van der Waals surface area contributed by atoms with E-state index < -0.39 is 40.8 Å². The molecule has 1 aromatic carbocycles. The molecule has 0 radical (unpaired) electrons. The molecule has 2 aliphatic heterocycles. The minimum Gasteiger partial charge on any atom is -0.481 e. The van der Waals surface area contributed by atoms with Crippen LogP contribution in [0.4, 0.5) is 11.4 Å². The largest absolute Gasteiger partial charge is 0.481 e. The van der Waals surface area contributed by atoms with Crippen LogP contribution in [0, 0.1) is 22.0 Å². The van der Waals surface area contributed by atoms with Gasteiger partial charge in [-0.05, 0) is 12.1 Å². The summed E-state index contributed by atoms with van der Waals surface area (Å²) in [6, 6.07) is 3.83. The first kappa shape index (κ1) is 15.4. The number of benzene rings is 1. The van der Waals surface area contributed by atoms with Gasteiger partial charge in [0.15, 0.2) is 0 Å². The fourth-order valence-electron chi connectivity index (χ4n) is 2.87. The Bertz CT molecular complexity index is 734. The Hall–Kier alpha value is -2.45. The van der Waals surface area contributed by atoms with E-state index >= 15 is 0 Å². The first-order chi connectivity index (χ1) is 10.9. The minimum atomic E-state index is -1.12. The molecular weight excluding hydrogens is 328 g/mol. The Morgan fingerprint density at radius 3 is 2.52 bits per heavy atom. The van der Waals surface area contributed by atoms with E-state index in [2.05, 4.69) is 5.32 Å². The molecule has 2 N–H and O–H groups in total. The highest BCUT2D eigenvalue weighted by molar-refractivity contribution is 6.32. The van der Waals surface area contributed by atoms with Gasteiger partial charge >= 0.3 is 5.97 Å². The van der Waals surface area contributed by atoms with Gasteiger partial charge in [0.1, 0.15) is 10.9 Å². The lowest BCUT2D eigenvalue weighted by Gasteiger charge is -2.20. The number of anilines is 1. The molecule has 1 amide bonds. The lowest BCUT2D eigenvalue weighted by molar-refractivity contribution is -0.384. The van der Waals surface area contributed by atoms with Crippen molar-refractivity contribution in [3.05, 3.63) is 45.5 Å². The number of aliphatic carboxylic acids is 1. The molecule has 0 spiro atoms. The van der Waals surface area contributed by atoms with Gasteiger partial charge in [0.25, 0.3) is 5.69 Å². The van der Waals surface area contributed by atoms with E-state index in [4.69, 9.17) is 16.3 Å². The molecule has 1 saturated heterocycles. The first-order valence-electron chi connectivity index (χ1n) is 6.70. The standard InChI is InChI=1S/C14H11ClN2O6/c15-7-2-1-6(5-8(7)17(21)22)16-13(18)11-9-3-4-10(23-9)12(11)14(19)20/h1-5,9-12H,(H,16,18)(H,19,20)/t9-,10+,11-,12-/m0/s1. The zero-order valence-corrected chi connectivity index (χ0v) is 12.3. The third-order valence-electron chi connectivity index (χ3n) is 3.90. The normalized spacial score (nSPS) is 27.9. The lowest BCUT2D eigenvalue weighted by atomic mass is 9.82. The van der Waals surface area contributed by atoms with Crippen LogP contribution in [0.2, 0.25) is 5.02 Å². The highest BCUT2D eigenvalue weighted by atomic mass is 35.5. The maximum atomic E-state index is 12.4. The highest BCUT2D eigenvalue weighted by Gasteiger charge is 2.53. The number of rotatable bonds is 4. The smallest absolute Gasteiger partial charge is 0.310 e. The number of nitro benzene ring substituents is 1. The molecule has 8 nitrogen and oxygen atoms in total. The van der Waals surface area contributed by atoms with Crippen molar-refractivity contribution in [3.8, 4) is 0 Å². The third-order valence-corrected chi connectivity index (χ3v) is 4.22. The van der Waals surface area contributed by atoms with Crippen molar-refractivity contribution in [2.24, 2.45) is 11.8 Å². The van der Waals surface area contributed by atoms with E-state index in [1.165, 1.54) is 12.1 Å². The van der Waals surface area contributed by atoms with Crippen LogP contribution in [0.25, 0.3) is 0 Å². The number of ether oxygens (including phenoxy) is 1. The Kier molecular flexibility index (Phi) is 3.78. The predicted octanol–water partition coefficient (Wildman–Crippen LogP) is 1.84. The monoisotopic (exact) mass is 338 g/mol. The van der Waals surface area contributed by atoms with Gasteiger partial charge in [0, 0.05) is 11.8 Å². The van der Waals surface area contributed by atoms with E-state index in [0.717, 1.165) is 6.07 Å². The van der Waals surface area contributed by atoms with Crippen LogP contribution >= 0.6 is 11.6 Å². The molecule has 0 unspecified atom stereocenters. The molecule has 2 bridgehead atoms. The van der Waals surface area contributed by atoms with Crippen LogP contribution in [-0.2, 0) is 14.3 Å². The SMILES string of the molecule is O=C(Nc1ccc(Cl)c([N+](=O)[O-])c1)[C@@H]1[C@@H](C(=O)O)[C@H]2C=C[C@@H]1O2. The molecule has 1 fully saturated rings. The Morgan fingerprint density at radius 1 is 1.26 bits per heavy atom. The summed E-state index contributed by atoms with van der Waals surface area (Å²) in [5.74, 6) is -3.56. The molecule has 2 aliphatic rings. The van der Waals surface area contributed by atoms with E-state index in [1.807, 2.05) is 0 Å². The van der Waals surface area contributed by atoms with Gasteiger partial charge in [0.2, 0.25) is 5.91 Å². The van der Waals surface area contributed by atoms with Gasteiger partial charge in [-0.15, -0.1) is 0 Å². The molecule has 0 aromatic heterocycles. The summed E-state index contributed by atoms with van der Waals surface area (Å²) in [4.78, 5) is 33.9. The van der Waals surface area contributed by atoms with Crippen LogP contribution in [0.15, 0.2) is 30.4 Å².